The van der Waals surface area contributed by atoms with Gasteiger partial charge in [-0.2, -0.15) is 0 Å². The number of carbonyl (C=O) groups is 2. The van der Waals surface area contributed by atoms with Gasteiger partial charge in [0.2, 0.25) is 11.8 Å². The summed E-state index contributed by atoms with van der Waals surface area (Å²) in [5.74, 6) is 2.03. The second-order valence-corrected chi connectivity index (χ2v) is 9.06. The lowest BCUT2D eigenvalue weighted by atomic mass is 9.87. The van der Waals surface area contributed by atoms with Gasteiger partial charge in [0.1, 0.15) is 0 Å². The topological polar surface area (TPSA) is 40.6 Å². The van der Waals surface area contributed by atoms with E-state index in [1.165, 1.54) is 19.3 Å². The van der Waals surface area contributed by atoms with Gasteiger partial charge in [0, 0.05) is 37.7 Å². The van der Waals surface area contributed by atoms with Gasteiger partial charge in [-0.3, -0.25) is 9.59 Å². The van der Waals surface area contributed by atoms with E-state index in [0.717, 1.165) is 63.9 Å². The molecule has 5 heteroatoms. The number of carbonyl (C=O) groups excluding carboxylic acids is 2. The third-order valence-electron chi connectivity index (χ3n) is 6.04. The SMILES string of the molecule is CCCCC(=O)N1CCC2(CC1)SCCN2C(=O)C1CCCCC1. The van der Waals surface area contributed by atoms with Crippen molar-refractivity contribution in [1.82, 2.24) is 9.80 Å². The maximum atomic E-state index is 13.1. The van der Waals surface area contributed by atoms with Gasteiger partial charge < -0.3 is 9.80 Å². The average molecular weight is 353 g/mol. The van der Waals surface area contributed by atoms with Gasteiger partial charge in [-0.1, -0.05) is 32.6 Å². The molecule has 0 unspecified atom stereocenters. The normalized spacial score (nSPS) is 24.5. The van der Waals surface area contributed by atoms with Crippen molar-refractivity contribution in [3.8, 4) is 0 Å². The predicted molar refractivity (Wildman–Crippen MR) is 98.8 cm³/mol. The molecule has 0 N–H and O–H groups in total. The Bertz CT molecular complexity index is 454. The molecule has 0 aromatic rings. The lowest BCUT2D eigenvalue weighted by molar-refractivity contribution is -0.141. The van der Waals surface area contributed by atoms with Crippen LogP contribution in [-0.2, 0) is 9.59 Å². The Morgan fingerprint density at radius 3 is 2.46 bits per heavy atom. The molecule has 3 rings (SSSR count). The first kappa shape index (κ1) is 18.1. The zero-order valence-corrected chi connectivity index (χ0v) is 15.9. The van der Waals surface area contributed by atoms with Gasteiger partial charge in [0.15, 0.2) is 0 Å². The van der Waals surface area contributed by atoms with Crippen LogP contribution in [0.4, 0.5) is 0 Å². The fourth-order valence-electron chi connectivity index (χ4n) is 4.50. The van der Waals surface area contributed by atoms with E-state index in [1.54, 1.807) is 0 Å². The maximum Gasteiger partial charge on any atom is 0.226 e. The molecular formula is C19H32N2O2S. The molecule has 0 aromatic carbocycles. The summed E-state index contributed by atoms with van der Waals surface area (Å²) < 4.78 is 0. The first-order chi connectivity index (χ1) is 11.7. The Morgan fingerprint density at radius 1 is 1.08 bits per heavy atom. The molecule has 1 saturated carbocycles. The van der Waals surface area contributed by atoms with Gasteiger partial charge in [-0.05, 0) is 32.1 Å². The number of likely N-dealkylation sites (tertiary alicyclic amines) is 1. The number of amides is 2. The van der Waals surface area contributed by atoms with Crippen LogP contribution in [0.3, 0.4) is 0 Å². The highest BCUT2D eigenvalue weighted by Crippen LogP contribution is 2.45. The van der Waals surface area contributed by atoms with Crippen LogP contribution in [-0.4, -0.2) is 51.9 Å². The van der Waals surface area contributed by atoms with Crippen molar-refractivity contribution in [3.63, 3.8) is 0 Å². The molecule has 2 aliphatic heterocycles. The summed E-state index contributed by atoms with van der Waals surface area (Å²) >= 11 is 1.96. The van der Waals surface area contributed by atoms with Gasteiger partial charge in [0.05, 0.1) is 4.87 Å². The highest BCUT2D eigenvalue weighted by Gasteiger charge is 2.47. The van der Waals surface area contributed by atoms with Crippen molar-refractivity contribution in [2.24, 2.45) is 5.92 Å². The third-order valence-corrected chi connectivity index (χ3v) is 7.59. The van der Waals surface area contributed by atoms with Gasteiger partial charge in [0.25, 0.3) is 0 Å². The summed E-state index contributed by atoms with van der Waals surface area (Å²) in [7, 11) is 0. The number of nitrogens with zero attached hydrogens (tertiary/aromatic N) is 2. The second-order valence-electron chi connectivity index (χ2n) is 7.60. The molecule has 3 aliphatic rings. The highest BCUT2D eigenvalue weighted by molar-refractivity contribution is 8.00. The molecule has 136 valence electrons. The van der Waals surface area contributed by atoms with Crippen molar-refractivity contribution in [2.45, 2.75) is 76.0 Å². The minimum atomic E-state index is -0.0178. The summed E-state index contributed by atoms with van der Waals surface area (Å²) in [4.78, 5) is 29.5. The molecule has 0 aromatic heterocycles. The molecule has 0 bridgehead atoms. The van der Waals surface area contributed by atoms with Crippen molar-refractivity contribution < 1.29 is 9.59 Å². The number of hydrogen-bond donors (Lipinski definition) is 0. The lowest BCUT2D eigenvalue weighted by Gasteiger charge is -2.45. The lowest BCUT2D eigenvalue weighted by Crippen LogP contribution is -2.55. The molecule has 0 radical (unpaired) electrons. The van der Waals surface area contributed by atoms with Crippen LogP contribution >= 0.6 is 11.8 Å². The summed E-state index contributed by atoms with van der Waals surface area (Å²) in [6, 6.07) is 0. The Hall–Kier alpha value is -0.710. The van der Waals surface area contributed by atoms with Crippen LogP contribution in [0.25, 0.3) is 0 Å². The Kier molecular flexibility index (Phi) is 6.12. The minimum absolute atomic E-state index is 0.0178. The van der Waals surface area contributed by atoms with Crippen LogP contribution in [0, 0.1) is 5.92 Å². The van der Waals surface area contributed by atoms with E-state index >= 15 is 0 Å². The van der Waals surface area contributed by atoms with Crippen LogP contribution in [0.5, 0.6) is 0 Å². The van der Waals surface area contributed by atoms with E-state index in [1.807, 2.05) is 16.7 Å². The van der Waals surface area contributed by atoms with E-state index in [-0.39, 0.29) is 10.8 Å². The molecule has 2 amide bonds. The van der Waals surface area contributed by atoms with Gasteiger partial charge in [-0.15, -0.1) is 11.8 Å². The van der Waals surface area contributed by atoms with E-state index < -0.39 is 0 Å². The van der Waals surface area contributed by atoms with Crippen molar-refractivity contribution in [1.29, 1.82) is 0 Å². The van der Waals surface area contributed by atoms with E-state index in [4.69, 9.17) is 0 Å². The average Bonchev–Trinajstić information content (AvgIpc) is 3.03. The van der Waals surface area contributed by atoms with Crippen molar-refractivity contribution >= 4 is 23.6 Å². The van der Waals surface area contributed by atoms with E-state index in [9.17, 15) is 9.59 Å². The van der Waals surface area contributed by atoms with E-state index in [0.29, 0.717) is 18.2 Å². The van der Waals surface area contributed by atoms with Crippen molar-refractivity contribution in [3.05, 3.63) is 0 Å². The Balaban J connectivity index is 1.59. The molecule has 2 heterocycles. The number of rotatable bonds is 4. The molecular weight excluding hydrogens is 320 g/mol. The van der Waals surface area contributed by atoms with Crippen LogP contribution < -0.4 is 0 Å². The summed E-state index contributed by atoms with van der Waals surface area (Å²) in [5.41, 5.74) is 0. The zero-order chi connectivity index (χ0) is 17.0. The van der Waals surface area contributed by atoms with Crippen LogP contribution in [0.2, 0.25) is 0 Å². The number of hydrogen-bond acceptors (Lipinski definition) is 3. The Morgan fingerprint density at radius 2 is 1.79 bits per heavy atom. The Labute approximate surface area is 150 Å². The number of thioether (sulfide) groups is 1. The molecule has 24 heavy (non-hydrogen) atoms. The second kappa shape index (κ2) is 8.11. The standard InChI is InChI=1S/C19H32N2O2S/c1-2-3-9-17(22)20-12-10-19(11-13-20)21(14-15-24-19)18(23)16-7-5-4-6-8-16/h16H,2-15H2,1H3. The largest absolute Gasteiger partial charge is 0.342 e. The first-order valence-electron chi connectivity index (χ1n) is 9.89. The molecule has 3 fully saturated rings. The van der Waals surface area contributed by atoms with Crippen molar-refractivity contribution in [2.75, 3.05) is 25.4 Å². The summed E-state index contributed by atoms with van der Waals surface area (Å²) in [6.45, 7) is 4.68. The molecule has 1 spiro atoms. The van der Waals surface area contributed by atoms with E-state index in [2.05, 4.69) is 11.8 Å². The number of piperidine rings is 1. The number of unbranched alkanes of at least 4 members (excludes halogenated alkanes) is 1. The molecule has 0 atom stereocenters. The smallest absolute Gasteiger partial charge is 0.226 e. The molecule has 1 aliphatic carbocycles. The first-order valence-corrected chi connectivity index (χ1v) is 10.9. The van der Waals surface area contributed by atoms with Gasteiger partial charge >= 0.3 is 0 Å². The summed E-state index contributed by atoms with van der Waals surface area (Å²) in [5, 5.41) is 0. The zero-order valence-electron chi connectivity index (χ0n) is 15.1. The molecule has 4 nitrogen and oxygen atoms in total. The minimum Gasteiger partial charge on any atom is -0.342 e. The quantitative estimate of drug-likeness (QED) is 0.775. The van der Waals surface area contributed by atoms with Gasteiger partial charge in [-0.25, -0.2) is 0 Å². The third kappa shape index (κ3) is 3.76. The van der Waals surface area contributed by atoms with Crippen LogP contribution in [0.1, 0.15) is 71.1 Å². The predicted octanol–water partition coefficient (Wildman–Crippen LogP) is 3.65. The monoisotopic (exact) mass is 352 g/mol. The summed E-state index contributed by atoms with van der Waals surface area (Å²) in [6.07, 6.45) is 10.5. The fraction of sp³-hybridized carbons (Fsp3) is 0.895. The fourth-order valence-corrected chi connectivity index (χ4v) is 5.96. The molecule has 2 saturated heterocycles. The maximum absolute atomic E-state index is 13.1. The van der Waals surface area contributed by atoms with Crippen LogP contribution in [0.15, 0.2) is 0 Å². The highest BCUT2D eigenvalue weighted by atomic mass is 32.2.